The van der Waals surface area contributed by atoms with Crippen molar-refractivity contribution in [3.05, 3.63) is 64.7 Å². The Morgan fingerprint density at radius 2 is 1.56 bits per heavy atom. The Bertz CT molecular complexity index is 1040. The van der Waals surface area contributed by atoms with E-state index < -0.39 is 10.3 Å². The number of carbonyl (C=O) groups excluding carboxylic acids is 1. The summed E-state index contributed by atoms with van der Waals surface area (Å²) in [5.74, 6) is 0.135. The number of hydrogen-bond acceptors (Lipinski definition) is 4. The van der Waals surface area contributed by atoms with Crippen LogP contribution >= 0.6 is 0 Å². The summed E-state index contributed by atoms with van der Waals surface area (Å²) in [6.45, 7) is 7.83. The molecule has 0 aliphatic heterocycles. The second-order valence-electron chi connectivity index (χ2n) is 9.48. The van der Waals surface area contributed by atoms with Crippen molar-refractivity contribution in [2.24, 2.45) is 11.1 Å². The molecule has 2 N–H and O–H groups in total. The molecule has 6 heteroatoms. The van der Waals surface area contributed by atoms with E-state index in [1.165, 1.54) is 6.42 Å². The highest BCUT2D eigenvalue weighted by Crippen LogP contribution is 2.43. The monoisotopic (exact) mass is 457 g/mol. The average Bonchev–Trinajstić information content (AvgIpc) is 2.73. The number of benzene rings is 2. The van der Waals surface area contributed by atoms with Crippen molar-refractivity contribution in [3.63, 3.8) is 0 Å². The van der Waals surface area contributed by atoms with Crippen LogP contribution < -0.4 is 9.32 Å². The van der Waals surface area contributed by atoms with Gasteiger partial charge in [0.05, 0.1) is 5.92 Å². The van der Waals surface area contributed by atoms with Gasteiger partial charge in [0.1, 0.15) is 0 Å². The van der Waals surface area contributed by atoms with Crippen molar-refractivity contribution in [3.8, 4) is 5.75 Å². The molecule has 0 spiro atoms. The van der Waals surface area contributed by atoms with Gasteiger partial charge >= 0.3 is 10.3 Å². The summed E-state index contributed by atoms with van der Waals surface area (Å²) < 4.78 is 29.1. The molecule has 2 aromatic rings. The lowest BCUT2D eigenvalue weighted by Crippen LogP contribution is -2.26. The van der Waals surface area contributed by atoms with Gasteiger partial charge < -0.3 is 4.18 Å². The standard InChI is InChI=1S/C26H35NO4S/c1-17(2)21-15-16-22(23(18(3)4)26(21)31-32(27,29)30)25(28)24(19-11-7-5-8-12-19)20-13-9-6-10-14-20/h5,7-8,11-12,15-18,20,24H,6,9-10,13-14H2,1-4H3,(H2,27,29,30). The van der Waals surface area contributed by atoms with Crippen LogP contribution in [0, 0.1) is 5.92 Å². The first-order valence-electron chi connectivity index (χ1n) is 11.6. The Kier molecular flexibility index (Phi) is 7.78. The first kappa shape index (κ1) is 24.5. The van der Waals surface area contributed by atoms with Gasteiger partial charge in [0.25, 0.3) is 0 Å². The van der Waals surface area contributed by atoms with Gasteiger partial charge in [-0.15, -0.1) is 0 Å². The molecule has 1 fully saturated rings. The minimum Gasteiger partial charge on any atom is -0.370 e. The summed E-state index contributed by atoms with van der Waals surface area (Å²) in [4.78, 5) is 14.1. The molecule has 0 amide bonds. The zero-order valence-corrected chi connectivity index (χ0v) is 20.3. The molecule has 0 radical (unpaired) electrons. The SMILES string of the molecule is CC(C)c1ccc(C(=O)C(c2ccccc2)C2CCCCC2)c(C(C)C)c1OS(N)(=O)=O. The van der Waals surface area contributed by atoms with Crippen LogP contribution in [0.15, 0.2) is 42.5 Å². The quantitative estimate of drug-likeness (QED) is 0.488. The molecule has 1 atom stereocenters. The van der Waals surface area contributed by atoms with Crippen molar-refractivity contribution in [1.29, 1.82) is 0 Å². The average molecular weight is 458 g/mol. The molecule has 1 saturated carbocycles. The number of Topliss-reactive ketones (excluding diaryl/α,β-unsaturated/α-hetero) is 1. The zero-order valence-electron chi connectivity index (χ0n) is 19.5. The van der Waals surface area contributed by atoms with Gasteiger partial charge in [-0.3, -0.25) is 4.79 Å². The second kappa shape index (κ2) is 10.2. The number of hydrogen-bond donors (Lipinski definition) is 1. The van der Waals surface area contributed by atoms with E-state index in [1.54, 1.807) is 0 Å². The van der Waals surface area contributed by atoms with Crippen molar-refractivity contribution < 1.29 is 17.4 Å². The van der Waals surface area contributed by atoms with Gasteiger partial charge in [-0.2, -0.15) is 13.6 Å². The summed E-state index contributed by atoms with van der Waals surface area (Å²) >= 11 is 0. The fourth-order valence-electron chi connectivity index (χ4n) is 5.00. The fourth-order valence-corrected chi connectivity index (χ4v) is 5.42. The maximum absolute atomic E-state index is 14.1. The predicted molar refractivity (Wildman–Crippen MR) is 128 cm³/mol. The molecule has 1 aliphatic carbocycles. The van der Waals surface area contributed by atoms with Crippen LogP contribution in [-0.2, 0) is 10.3 Å². The van der Waals surface area contributed by atoms with Gasteiger partial charge in [-0.25, -0.2) is 0 Å². The van der Waals surface area contributed by atoms with E-state index in [9.17, 15) is 13.2 Å². The fraction of sp³-hybridized carbons (Fsp3) is 0.500. The molecular formula is C26H35NO4S. The van der Waals surface area contributed by atoms with E-state index in [0.717, 1.165) is 36.8 Å². The summed E-state index contributed by atoms with van der Waals surface area (Å²) in [5, 5.41) is 5.26. The maximum atomic E-state index is 14.1. The topological polar surface area (TPSA) is 86.5 Å². The first-order chi connectivity index (χ1) is 15.1. The molecule has 0 saturated heterocycles. The Hall–Kier alpha value is -2.18. The Labute approximate surface area is 192 Å². The van der Waals surface area contributed by atoms with E-state index in [-0.39, 0.29) is 35.2 Å². The molecule has 1 aliphatic rings. The Morgan fingerprint density at radius 3 is 2.09 bits per heavy atom. The third kappa shape index (κ3) is 5.59. The van der Waals surface area contributed by atoms with Gasteiger partial charge in [0, 0.05) is 11.1 Å². The molecule has 0 aromatic heterocycles. The van der Waals surface area contributed by atoms with E-state index in [1.807, 2.05) is 70.2 Å². The molecule has 2 aromatic carbocycles. The number of carbonyl (C=O) groups is 1. The van der Waals surface area contributed by atoms with Gasteiger partial charge in [-0.05, 0) is 41.7 Å². The normalized spacial score (nSPS) is 16.3. The molecular weight excluding hydrogens is 422 g/mol. The van der Waals surface area contributed by atoms with Gasteiger partial charge in [0.2, 0.25) is 0 Å². The number of nitrogens with two attached hydrogens (primary N) is 1. The third-order valence-corrected chi connectivity index (χ3v) is 6.85. The van der Waals surface area contributed by atoms with Crippen LogP contribution in [-0.4, -0.2) is 14.2 Å². The van der Waals surface area contributed by atoms with Crippen LogP contribution in [0.3, 0.4) is 0 Å². The zero-order chi connectivity index (χ0) is 23.5. The predicted octanol–water partition coefficient (Wildman–Crippen LogP) is 6.06. The maximum Gasteiger partial charge on any atom is 0.380 e. The highest BCUT2D eigenvalue weighted by Gasteiger charge is 2.34. The molecule has 1 unspecified atom stereocenters. The minimum atomic E-state index is -4.24. The number of rotatable bonds is 8. The van der Waals surface area contributed by atoms with E-state index in [2.05, 4.69) is 0 Å². The number of ketones is 1. The molecule has 32 heavy (non-hydrogen) atoms. The lowest BCUT2D eigenvalue weighted by Gasteiger charge is -2.31. The summed E-state index contributed by atoms with van der Waals surface area (Å²) in [5.41, 5.74) is 2.89. The van der Waals surface area contributed by atoms with Crippen molar-refractivity contribution >= 4 is 16.1 Å². The van der Waals surface area contributed by atoms with E-state index in [4.69, 9.17) is 9.32 Å². The minimum absolute atomic E-state index is 0.0108. The third-order valence-electron chi connectivity index (χ3n) is 6.45. The second-order valence-corrected chi connectivity index (χ2v) is 10.6. The van der Waals surface area contributed by atoms with Crippen LogP contribution in [0.4, 0.5) is 0 Å². The summed E-state index contributed by atoms with van der Waals surface area (Å²) in [6.07, 6.45) is 5.51. The highest BCUT2D eigenvalue weighted by atomic mass is 32.2. The molecule has 3 rings (SSSR count). The van der Waals surface area contributed by atoms with Gasteiger partial charge in [-0.1, -0.05) is 89.4 Å². The molecule has 0 bridgehead atoms. The Morgan fingerprint density at radius 1 is 0.938 bits per heavy atom. The summed E-state index contributed by atoms with van der Waals surface area (Å²) in [7, 11) is -4.24. The van der Waals surface area contributed by atoms with Crippen molar-refractivity contribution in [2.45, 2.75) is 77.6 Å². The van der Waals surface area contributed by atoms with Crippen LogP contribution in [0.1, 0.15) is 105 Å². The largest absolute Gasteiger partial charge is 0.380 e. The summed E-state index contributed by atoms with van der Waals surface area (Å²) in [6, 6.07) is 13.6. The van der Waals surface area contributed by atoms with E-state index in [0.29, 0.717) is 11.1 Å². The molecule has 5 nitrogen and oxygen atoms in total. The lowest BCUT2D eigenvalue weighted by atomic mass is 9.72. The van der Waals surface area contributed by atoms with Crippen molar-refractivity contribution in [2.75, 3.05) is 0 Å². The smallest absolute Gasteiger partial charge is 0.370 e. The van der Waals surface area contributed by atoms with Crippen LogP contribution in [0.25, 0.3) is 0 Å². The van der Waals surface area contributed by atoms with E-state index >= 15 is 0 Å². The highest BCUT2D eigenvalue weighted by molar-refractivity contribution is 7.84. The lowest BCUT2D eigenvalue weighted by molar-refractivity contribution is 0.0911. The Balaban J connectivity index is 2.19. The molecule has 0 heterocycles. The van der Waals surface area contributed by atoms with Gasteiger partial charge in [0.15, 0.2) is 11.5 Å². The molecule has 174 valence electrons. The van der Waals surface area contributed by atoms with Crippen molar-refractivity contribution in [1.82, 2.24) is 0 Å². The first-order valence-corrected chi connectivity index (χ1v) is 13.1. The van der Waals surface area contributed by atoms with Crippen LogP contribution in [0.2, 0.25) is 0 Å². The van der Waals surface area contributed by atoms with Crippen LogP contribution in [0.5, 0.6) is 5.75 Å².